The summed E-state index contributed by atoms with van der Waals surface area (Å²) in [5.74, 6) is 1.39. The van der Waals surface area contributed by atoms with Crippen molar-refractivity contribution in [2.75, 3.05) is 7.11 Å². The Balaban J connectivity index is 1.69. The summed E-state index contributed by atoms with van der Waals surface area (Å²) in [6.45, 7) is 0.459. The van der Waals surface area contributed by atoms with Crippen LogP contribution in [0, 0.1) is 0 Å². The minimum Gasteiger partial charge on any atom is -0.493 e. The Labute approximate surface area is 165 Å². The van der Waals surface area contributed by atoms with Gasteiger partial charge in [-0.05, 0) is 41.3 Å². The summed E-state index contributed by atoms with van der Waals surface area (Å²) in [5.41, 5.74) is 2.29. The summed E-state index contributed by atoms with van der Waals surface area (Å²) in [5, 5.41) is 0. The van der Waals surface area contributed by atoms with Gasteiger partial charge < -0.3 is 9.47 Å². The third-order valence-corrected chi connectivity index (χ3v) is 5.27. The predicted octanol–water partition coefficient (Wildman–Crippen LogP) is 5.09. The monoisotopic (exact) mass is 370 g/mol. The standard InChI is InChI=1S/C25H22O3/c1-27-23-17-21(14-15-22(23)28-18-19-9-4-2-5-10-19)25(16-8-13-24(25)26)20-11-6-3-7-12-20/h2-15,17H,16,18H2,1H3. The van der Waals surface area contributed by atoms with Crippen LogP contribution in [0.25, 0.3) is 0 Å². The maximum absolute atomic E-state index is 12.9. The Morgan fingerprint density at radius 1 is 0.857 bits per heavy atom. The number of benzene rings is 3. The van der Waals surface area contributed by atoms with Crippen molar-refractivity contribution in [3.05, 3.63) is 108 Å². The van der Waals surface area contributed by atoms with Crippen molar-refractivity contribution in [2.24, 2.45) is 0 Å². The molecule has 0 saturated heterocycles. The molecule has 1 unspecified atom stereocenters. The molecule has 1 atom stereocenters. The Morgan fingerprint density at radius 3 is 2.21 bits per heavy atom. The molecule has 4 rings (SSSR count). The molecule has 0 saturated carbocycles. The number of ether oxygens (including phenoxy) is 2. The van der Waals surface area contributed by atoms with Gasteiger partial charge in [0.05, 0.1) is 12.5 Å². The molecule has 3 nitrogen and oxygen atoms in total. The van der Waals surface area contributed by atoms with Crippen LogP contribution in [-0.4, -0.2) is 12.9 Å². The highest BCUT2D eigenvalue weighted by Gasteiger charge is 2.42. The number of ketones is 1. The number of carbonyl (C=O) groups is 1. The van der Waals surface area contributed by atoms with Crippen molar-refractivity contribution >= 4 is 5.78 Å². The zero-order chi connectivity index (χ0) is 19.4. The Kier molecular flexibility index (Phi) is 4.98. The van der Waals surface area contributed by atoms with Gasteiger partial charge >= 0.3 is 0 Å². The molecule has 0 fully saturated rings. The van der Waals surface area contributed by atoms with E-state index in [1.165, 1.54) is 0 Å². The fourth-order valence-corrected chi connectivity index (χ4v) is 3.78. The van der Waals surface area contributed by atoms with E-state index in [9.17, 15) is 4.79 Å². The van der Waals surface area contributed by atoms with Gasteiger partial charge in [0, 0.05) is 0 Å². The van der Waals surface area contributed by atoms with Crippen LogP contribution in [0.2, 0.25) is 0 Å². The zero-order valence-corrected chi connectivity index (χ0v) is 15.8. The van der Waals surface area contributed by atoms with E-state index >= 15 is 0 Å². The summed E-state index contributed by atoms with van der Waals surface area (Å²) in [4.78, 5) is 12.9. The van der Waals surface area contributed by atoms with Gasteiger partial charge in [0.25, 0.3) is 0 Å². The van der Waals surface area contributed by atoms with E-state index in [0.717, 1.165) is 16.7 Å². The molecular formula is C25H22O3. The maximum atomic E-state index is 12.9. The van der Waals surface area contributed by atoms with Crippen molar-refractivity contribution < 1.29 is 14.3 Å². The van der Waals surface area contributed by atoms with Crippen LogP contribution in [-0.2, 0) is 16.8 Å². The van der Waals surface area contributed by atoms with E-state index in [1.54, 1.807) is 13.2 Å². The number of carbonyl (C=O) groups excluding carboxylic acids is 1. The largest absolute Gasteiger partial charge is 0.493 e. The molecule has 3 heteroatoms. The maximum Gasteiger partial charge on any atom is 0.170 e. The van der Waals surface area contributed by atoms with Crippen molar-refractivity contribution in [1.82, 2.24) is 0 Å². The molecule has 0 bridgehead atoms. The van der Waals surface area contributed by atoms with Crippen LogP contribution >= 0.6 is 0 Å². The van der Waals surface area contributed by atoms with Gasteiger partial charge in [0.15, 0.2) is 17.3 Å². The quantitative estimate of drug-likeness (QED) is 0.606. The Morgan fingerprint density at radius 2 is 1.57 bits per heavy atom. The van der Waals surface area contributed by atoms with Crippen molar-refractivity contribution in [1.29, 1.82) is 0 Å². The summed E-state index contributed by atoms with van der Waals surface area (Å²) >= 11 is 0. The fourth-order valence-electron chi connectivity index (χ4n) is 3.78. The predicted molar refractivity (Wildman–Crippen MR) is 110 cm³/mol. The lowest BCUT2D eigenvalue weighted by molar-refractivity contribution is -0.117. The lowest BCUT2D eigenvalue weighted by Crippen LogP contribution is -2.32. The van der Waals surface area contributed by atoms with Crippen molar-refractivity contribution in [2.45, 2.75) is 18.4 Å². The molecule has 0 aromatic heterocycles. The van der Waals surface area contributed by atoms with Crippen LogP contribution in [0.3, 0.4) is 0 Å². The SMILES string of the molecule is COc1cc(C2(c3ccccc3)CC=CC2=O)ccc1OCc1ccccc1. The van der Waals surface area contributed by atoms with Gasteiger partial charge in [0.2, 0.25) is 0 Å². The number of hydrogen-bond acceptors (Lipinski definition) is 3. The second kappa shape index (κ2) is 7.73. The highest BCUT2D eigenvalue weighted by atomic mass is 16.5. The fraction of sp³-hybridized carbons (Fsp3) is 0.160. The molecule has 3 aromatic carbocycles. The lowest BCUT2D eigenvalue weighted by Gasteiger charge is -2.29. The molecule has 0 spiro atoms. The van der Waals surface area contributed by atoms with Crippen molar-refractivity contribution in [3.63, 3.8) is 0 Å². The first-order valence-electron chi connectivity index (χ1n) is 9.36. The third-order valence-electron chi connectivity index (χ3n) is 5.27. The molecule has 0 heterocycles. The summed E-state index contributed by atoms with van der Waals surface area (Å²) in [6, 6.07) is 25.7. The smallest absolute Gasteiger partial charge is 0.170 e. The van der Waals surface area contributed by atoms with Crippen LogP contribution in [0.5, 0.6) is 11.5 Å². The first kappa shape index (κ1) is 18.1. The second-order valence-electron chi connectivity index (χ2n) is 6.88. The number of rotatable bonds is 6. The van der Waals surface area contributed by atoms with E-state index in [0.29, 0.717) is 24.5 Å². The van der Waals surface area contributed by atoms with Crippen LogP contribution in [0.4, 0.5) is 0 Å². The minimum atomic E-state index is -0.702. The first-order valence-corrected chi connectivity index (χ1v) is 9.36. The van der Waals surface area contributed by atoms with Crippen LogP contribution in [0.15, 0.2) is 91.0 Å². The van der Waals surface area contributed by atoms with Gasteiger partial charge in [-0.2, -0.15) is 0 Å². The van der Waals surface area contributed by atoms with E-state index < -0.39 is 5.41 Å². The normalized spacial score (nSPS) is 18.2. The highest BCUT2D eigenvalue weighted by Crippen LogP contribution is 2.43. The average molecular weight is 370 g/mol. The highest BCUT2D eigenvalue weighted by molar-refractivity contribution is 6.04. The van der Waals surface area contributed by atoms with Crippen LogP contribution in [0.1, 0.15) is 23.1 Å². The number of methoxy groups -OCH3 is 1. The average Bonchev–Trinajstić information content (AvgIpc) is 3.15. The molecule has 1 aliphatic carbocycles. The first-order chi connectivity index (χ1) is 13.7. The topological polar surface area (TPSA) is 35.5 Å². The molecule has 1 aliphatic rings. The molecule has 0 N–H and O–H groups in total. The molecule has 0 radical (unpaired) electrons. The molecular weight excluding hydrogens is 348 g/mol. The van der Waals surface area contributed by atoms with Gasteiger partial charge in [-0.25, -0.2) is 0 Å². The van der Waals surface area contributed by atoms with Crippen LogP contribution < -0.4 is 9.47 Å². The molecule has 3 aromatic rings. The second-order valence-corrected chi connectivity index (χ2v) is 6.88. The summed E-state index contributed by atoms with van der Waals surface area (Å²) in [7, 11) is 1.62. The van der Waals surface area contributed by atoms with Crippen molar-refractivity contribution in [3.8, 4) is 11.5 Å². The summed E-state index contributed by atoms with van der Waals surface area (Å²) in [6.07, 6.45) is 4.27. The molecule has 28 heavy (non-hydrogen) atoms. The number of hydrogen-bond donors (Lipinski definition) is 0. The van der Waals surface area contributed by atoms with Gasteiger partial charge in [-0.3, -0.25) is 4.79 Å². The lowest BCUT2D eigenvalue weighted by atomic mass is 9.72. The van der Waals surface area contributed by atoms with E-state index in [1.807, 2.05) is 84.9 Å². The van der Waals surface area contributed by atoms with Gasteiger partial charge in [-0.1, -0.05) is 72.8 Å². The molecule has 0 aliphatic heterocycles. The zero-order valence-electron chi connectivity index (χ0n) is 15.8. The Bertz CT molecular complexity index is 993. The third kappa shape index (κ3) is 3.20. The number of allylic oxidation sites excluding steroid dienone is 2. The van der Waals surface area contributed by atoms with E-state index in [2.05, 4.69) is 0 Å². The Hall–Kier alpha value is -3.33. The van der Waals surface area contributed by atoms with Gasteiger partial charge in [-0.15, -0.1) is 0 Å². The van der Waals surface area contributed by atoms with Gasteiger partial charge in [0.1, 0.15) is 6.61 Å². The molecule has 0 amide bonds. The van der Waals surface area contributed by atoms with E-state index in [-0.39, 0.29) is 5.78 Å². The molecule has 140 valence electrons. The minimum absolute atomic E-state index is 0.0960. The summed E-state index contributed by atoms with van der Waals surface area (Å²) < 4.78 is 11.6. The van der Waals surface area contributed by atoms with E-state index in [4.69, 9.17) is 9.47 Å².